The number of hydrogen-bond donors (Lipinski definition) is 1. The van der Waals surface area contributed by atoms with Gasteiger partial charge >= 0.3 is 0 Å². The van der Waals surface area contributed by atoms with Crippen molar-refractivity contribution in [3.8, 4) is 0 Å². The first kappa shape index (κ1) is 39.4. The molecule has 0 aromatic carbocycles. The van der Waals surface area contributed by atoms with Crippen LogP contribution in [0.3, 0.4) is 0 Å². The lowest BCUT2D eigenvalue weighted by atomic mass is 9.47. The van der Waals surface area contributed by atoms with Crippen molar-refractivity contribution in [3.05, 3.63) is 11.6 Å². The Hall–Kier alpha value is -0.380. The number of hydrogen-bond acceptors (Lipinski definition) is 3. The highest BCUT2D eigenvalue weighted by molar-refractivity contribution is 5.25. The lowest BCUT2D eigenvalue weighted by molar-refractivity contribution is -0.0876. The molecule has 0 amide bonds. The molecule has 4 aliphatic carbocycles. The molecule has 3 nitrogen and oxygen atoms in total. The summed E-state index contributed by atoms with van der Waals surface area (Å²) in [4.78, 5) is 0. The lowest BCUT2D eigenvalue weighted by Crippen LogP contribution is -2.51. The van der Waals surface area contributed by atoms with Gasteiger partial charge < -0.3 is 15.2 Å². The van der Waals surface area contributed by atoms with Gasteiger partial charge in [0, 0.05) is 13.2 Å². The van der Waals surface area contributed by atoms with Gasteiger partial charge in [-0.1, -0.05) is 143 Å². The fourth-order valence-electron chi connectivity index (χ4n) is 11.5. The summed E-state index contributed by atoms with van der Waals surface area (Å²) in [6.07, 6.45) is 34.7. The van der Waals surface area contributed by atoms with E-state index in [-0.39, 0.29) is 6.10 Å². The van der Waals surface area contributed by atoms with E-state index in [1.165, 1.54) is 141 Å². The second kappa shape index (κ2) is 19.9. The van der Waals surface area contributed by atoms with Crippen molar-refractivity contribution in [1.29, 1.82) is 0 Å². The standard InChI is InChI=1S/C44H81NO2/c1-7-8-9-10-11-12-13-14-15-16-17-18-30-46-33-38(32-45)47-37-26-28-43(5)36(31-37)22-23-39-41-25-24-40(35(4)21-19-20-34(2)3)44(41,6)29-27-42(39)43/h22,34-35,37-42H,7-21,23-33,45H2,1-6H3/t35-,37+,38?,39+,40-,41+,42+,43+,44-/m1/s1. The van der Waals surface area contributed by atoms with Crippen LogP contribution in [0.1, 0.15) is 189 Å². The van der Waals surface area contributed by atoms with Gasteiger partial charge in [0.25, 0.3) is 0 Å². The molecule has 2 N–H and O–H groups in total. The third-order valence-corrected chi connectivity index (χ3v) is 14.4. The number of nitrogens with two attached hydrogens (primary N) is 1. The smallest absolute Gasteiger partial charge is 0.0934 e. The van der Waals surface area contributed by atoms with Crippen LogP contribution in [-0.2, 0) is 9.47 Å². The summed E-state index contributed by atoms with van der Waals surface area (Å²) in [5.41, 5.74) is 8.88. The summed E-state index contributed by atoms with van der Waals surface area (Å²) in [7, 11) is 0. The summed E-state index contributed by atoms with van der Waals surface area (Å²) in [5, 5.41) is 0. The summed E-state index contributed by atoms with van der Waals surface area (Å²) in [5.74, 6) is 5.39. The summed E-state index contributed by atoms with van der Waals surface area (Å²) >= 11 is 0. The highest BCUT2D eigenvalue weighted by Crippen LogP contribution is 2.67. The fraction of sp³-hybridized carbons (Fsp3) is 0.955. The van der Waals surface area contributed by atoms with E-state index in [0.29, 0.717) is 30.1 Å². The van der Waals surface area contributed by atoms with Gasteiger partial charge in [-0.25, -0.2) is 0 Å². The Kier molecular flexibility index (Phi) is 16.7. The monoisotopic (exact) mass is 656 g/mol. The lowest BCUT2D eigenvalue weighted by Gasteiger charge is -2.58. The van der Waals surface area contributed by atoms with Crippen molar-refractivity contribution < 1.29 is 9.47 Å². The highest BCUT2D eigenvalue weighted by Gasteiger charge is 2.59. The minimum atomic E-state index is 0.0342. The third kappa shape index (κ3) is 10.8. The number of unbranched alkanes of at least 4 members (excludes halogenated alkanes) is 11. The number of rotatable bonds is 23. The maximum Gasteiger partial charge on any atom is 0.0934 e. The first-order valence-electron chi connectivity index (χ1n) is 21.4. The van der Waals surface area contributed by atoms with Crippen LogP contribution >= 0.6 is 0 Å². The SMILES string of the molecule is CCCCCCCCCCCCCCOCC(CN)O[C@H]1CC[C@@]2(C)C(=CC[C@H]3[C@@H]4CC[C@H]([C@H](C)CCCC(C)C)[C@@]4(C)CC[C@@H]32)C1. The van der Waals surface area contributed by atoms with Crippen LogP contribution in [0.15, 0.2) is 11.6 Å². The van der Waals surface area contributed by atoms with Gasteiger partial charge in [0.15, 0.2) is 0 Å². The summed E-state index contributed by atoms with van der Waals surface area (Å²) in [6.45, 7) is 17.1. The van der Waals surface area contributed by atoms with E-state index in [1.54, 1.807) is 5.57 Å². The van der Waals surface area contributed by atoms with E-state index in [0.717, 1.165) is 48.5 Å². The molecule has 9 atom stereocenters. The second-order valence-electron chi connectivity index (χ2n) is 18.1. The number of ether oxygens (including phenoxy) is 2. The van der Waals surface area contributed by atoms with Crippen molar-refractivity contribution in [2.24, 2.45) is 52.1 Å². The first-order valence-corrected chi connectivity index (χ1v) is 21.4. The van der Waals surface area contributed by atoms with Crippen LogP contribution in [0.4, 0.5) is 0 Å². The molecule has 0 radical (unpaired) electrons. The molecule has 3 heteroatoms. The van der Waals surface area contributed by atoms with E-state index in [4.69, 9.17) is 15.2 Å². The van der Waals surface area contributed by atoms with Crippen molar-refractivity contribution >= 4 is 0 Å². The zero-order valence-corrected chi connectivity index (χ0v) is 32.5. The van der Waals surface area contributed by atoms with Crippen molar-refractivity contribution in [1.82, 2.24) is 0 Å². The molecule has 47 heavy (non-hydrogen) atoms. The van der Waals surface area contributed by atoms with E-state index in [2.05, 4.69) is 47.6 Å². The minimum Gasteiger partial charge on any atom is -0.379 e. The molecule has 274 valence electrons. The van der Waals surface area contributed by atoms with Gasteiger partial charge in [0.05, 0.1) is 18.8 Å². The minimum absolute atomic E-state index is 0.0342. The van der Waals surface area contributed by atoms with Crippen molar-refractivity contribution in [2.75, 3.05) is 19.8 Å². The Morgan fingerprint density at radius 2 is 1.47 bits per heavy atom. The predicted molar refractivity (Wildman–Crippen MR) is 203 cm³/mol. The molecular formula is C44H81NO2. The number of fused-ring (bicyclic) bond motifs is 5. The molecule has 3 saturated carbocycles. The van der Waals surface area contributed by atoms with Crippen LogP contribution in [0, 0.1) is 46.3 Å². The second-order valence-corrected chi connectivity index (χ2v) is 18.1. The quantitative estimate of drug-likeness (QED) is 0.0880. The third-order valence-electron chi connectivity index (χ3n) is 14.4. The normalized spacial score (nSPS) is 33.3. The Balaban J connectivity index is 1.15. The zero-order chi connectivity index (χ0) is 33.7. The Labute approximate surface area is 293 Å². The topological polar surface area (TPSA) is 44.5 Å². The zero-order valence-electron chi connectivity index (χ0n) is 32.5. The van der Waals surface area contributed by atoms with E-state index >= 15 is 0 Å². The van der Waals surface area contributed by atoms with Gasteiger partial charge in [0.2, 0.25) is 0 Å². The molecule has 0 aliphatic heterocycles. The van der Waals surface area contributed by atoms with Crippen molar-refractivity contribution in [2.45, 2.75) is 201 Å². The van der Waals surface area contributed by atoms with Crippen LogP contribution in [-0.4, -0.2) is 32.0 Å². The van der Waals surface area contributed by atoms with Gasteiger partial charge in [-0.3, -0.25) is 0 Å². The Bertz CT molecular complexity index is 899. The molecule has 0 spiro atoms. The predicted octanol–water partition coefficient (Wildman–Crippen LogP) is 12.5. The molecule has 0 aromatic rings. The molecule has 1 unspecified atom stereocenters. The molecule has 0 aromatic heterocycles. The largest absolute Gasteiger partial charge is 0.379 e. The fourth-order valence-corrected chi connectivity index (χ4v) is 11.5. The van der Waals surface area contributed by atoms with Crippen molar-refractivity contribution in [3.63, 3.8) is 0 Å². The molecule has 0 heterocycles. The maximum absolute atomic E-state index is 6.67. The molecule has 3 fully saturated rings. The van der Waals surface area contributed by atoms with Crippen LogP contribution in [0.2, 0.25) is 0 Å². The van der Waals surface area contributed by atoms with Crippen LogP contribution < -0.4 is 5.73 Å². The molecule has 0 bridgehead atoms. The van der Waals surface area contributed by atoms with Crippen LogP contribution in [0.25, 0.3) is 0 Å². The Morgan fingerprint density at radius 3 is 2.13 bits per heavy atom. The van der Waals surface area contributed by atoms with E-state index < -0.39 is 0 Å². The number of allylic oxidation sites excluding steroid dienone is 1. The van der Waals surface area contributed by atoms with E-state index in [9.17, 15) is 0 Å². The van der Waals surface area contributed by atoms with Gasteiger partial charge in [-0.15, -0.1) is 0 Å². The average molecular weight is 656 g/mol. The van der Waals surface area contributed by atoms with Crippen LogP contribution in [0.5, 0.6) is 0 Å². The molecule has 0 saturated heterocycles. The molecule has 4 aliphatic rings. The van der Waals surface area contributed by atoms with Gasteiger partial charge in [-0.05, 0) is 104 Å². The Morgan fingerprint density at radius 1 is 0.787 bits per heavy atom. The maximum atomic E-state index is 6.67. The van der Waals surface area contributed by atoms with Gasteiger partial charge in [-0.2, -0.15) is 0 Å². The highest BCUT2D eigenvalue weighted by atomic mass is 16.5. The van der Waals surface area contributed by atoms with E-state index in [1.807, 2.05) is 0 Å². The first-order chi connectivity index (χ1) is 22.7. The molecule has 4 rings (SSSR count). The van der Waals surface area contributed by atoms with Gasteiger partial charge in [0.1, 0.15) is 0 Å². The summed E-state index contributed by atoms with van der Waals surface area (Å²) in [6, 6.07) is 0. The molecular weight excluding hydrogens is 574 g/mol. The summed E-state index contributed by atoms with van der Waals surface area (Å²) < 4.78 is 12.8. The average Bonchev–Trinajstić information content (AvgIpc) is 3.41.